The number of hydrogen-bond donors (Lipinski definition) is 1. The highest BCUT2D eigenvalue weighted by Crippen LogP contribution is 1.99. The van der Waals surface area contributed by atoms with Crippen LogP contribution in [0, 0.1) is 12.3 Å². The Labute approximate surface area is 87.6 Å². The molecule has 0 saturated carbocycles. The molecule has 1 rings (SSSR count). The zero-order valence-electron chi connectivity index (χ0n) is 8.58. The van der Waals surface area contributed by atoms with E-state index < -0.39 is 0 Å². The van der Waals surface area contributed by atoms with E-state index in [1.807, 2.05) is 17.7 Å². The topological polar surface area (TPSA) is 47.2 Å². The molecule has 4 nitrogen and oxygen atoms in total. The summed E-state index contributed by atoms with van der Waals surface area (Å²) < 4.78 is 12.1. The van der Waals surface area contributed by atoms with Crippen LogP contribution in [0.3, 0.4) is 0 Å². The Morgan fingerprint density at radius 1 is 1.43 bits per heavy atom. The predicted molar refractivity (Wildman–Crippen MR) is 55.6 cm³/mol. The summed E-state index contributed by atoms with van der Waals surface area (Å²) in [6.07, 6.45) is 1.98. The molecule has 0 aliphatic rings. The van der Waals surface area contributed by atoms with Gasteiger partial charge in [-0.1, -0.05) is 0 Å². The van der Waals surface area contributed by atoms with E-state index >= 15 is 0 Å². The van der Waals surface area contributed by atoms with E-state index in [0.717, 1.165) is 11.4 Å². The smallest absolute Gasteiger partial charge is 0.182 e. The zero-order chi connectivity index (χ0) is 10.4. The SMILES string of the molecule is COCCOCCn1cc(C)sc1=N. The minimum absolute atomic E-state index is 0.581. The van der Waals surface area contributed by atoms with Gasteiger partial charge in [-0.05, 0) is 6.92 Å². The molecule has 80 valence electrons. The maximum atomic E-state index is 7.61. The second kappa shape index (κ2) is 5.95. The van der Waals surface area contributed by atoms with Crippen LogP contribution in [-0.2, 0) is 16.0 Å². The fourth-order valence-electron chi connectivity index (χ4n) is 1.09. The molecule has 1 aromatic rings. The van der Waals surface area contributed by atoms with Crippen molar-refractivity contribution in [2.24, 2.45) is 0 Å². The number of aromatic nitrogens is 1. The van der Waals surface area contributed by atoms with Gasteiger partial charge in [0.2, 0.25) is 0 Å². The van der Waals surface area contributed by atoms with Crippen molar-refractivity contribution in [2.45, 2.75) is 13.5 Å². The van der Waals surface area contributed by atoms with Crippen LogP contribution in [0.2, 0.25) is 0 Å². The molecular weight excluding hydrogens is 200 g/mol. The first-order valence-corrected chi connectivity index (χ1v) is 5.34. The third-order valence-electron chi connectivity index (χ3n) is 1.76. The van der Waals surface area contributed by atoms with Gasteiger partial charge in [0, 0.05) is 24.7 Å². The van der Waals surface area contributed by atoms with Crippen molar-refractivity contribution in [1.29, 1.82) is 5.41 Å². The normalized spacial score (nSPS) is 10.7. The molecule has 14 heavy (non-hydrogen) atoms. The Hall–Kier alpha value is -0.650. The molecule has 0 aliphatic carbocycles. The van der Waals surface area contributed by atoms with Gasteiger partial charge in [-0.3, -0.25) is 5.41 Å². The molecule has 0 spiro atoms. The molecule has 0 saturated heterocycles. The van der Waals surface area contributed by atoms with Crippen LogP contribution < -0.4 is 4.80 Å². The molecule has 0 radical (unpaired) electrons. The van der Waals surface area contributed by atoms with Crippen molar-refractivity contribution in [3.8, 4) is 0 Å². The van der Waals surface area contributed by atoms with Crippen molar-refractivity contribution in [1.82, 2.24) is 4.57 Å². The standard InChI is InChI=1S/C9H16N2O2S/c1-8-7-11(9(10)14-8)3-4-13-6-5-12-2/h7,10H,3-6H2,1-2H3. The number of thiazole rings is 1. The van der Waals surface area contributed by atoms with E-state index in [1.165, 1.54) is 11.3 Å². The van der Waals surface area contributed by atoms with Crippen LogP contribution >= 0.6 is 11.3 Å². The summed E-state index contributed by atoms with van der Waals surface area (Å²) in [4.78, 5) is 1.74. The lowest BCUT2D eigenvalue weighted by molar-refractivity contribution is 0.0663. The number of ether oxygens (including phenoxy) is 2. The third kappa shape index (κ3) is 3.61. The van der Waals surface area contributed by atoms with Crippen molar-refractivity contribution >= 4 is 11.3 Å². The largest absolute Gasteiger partial charge is 0.382 e. The molecule has 1 aromatic heterocycles. The van der Waals surface area contributed by atoms with Crippen LogP contribution in [0.4, 0.5) is 0 Å². The molecule has 0 amide bonds. The first kappa shape index (κ1) is 11.4. The second-order valence-corrected chi connectivity index (χ2v) is 4.18. The lowest BCUT2D eigenvalue weighted by atomic mass is 10.6. The lowest BCUT2D eigenvalue weighted by Gasteiger charge is -2.03. The number of aryl methyl sites for hydroxylation is 1. The predicted octanol–water partition coefficient (Wildman–Crippen LogP) is 1.00. The molecule has 0 fully saturated rings. The zero-order valence-corrected chi connectivity index (χ0v) is 9.39. The fourth-order valence-corrected chi connectivity index (χ4v) is 1.84. The number of nitrogens with one attached hydrogen (secondary N) is 1. The summed E-state index contributed by atoms with van der Waals surface area (Å²) in [7, 11) is 1.66. The van der Waals surface area contributed by atoms with Gasteiger partial charge < -0.3 is 14.0 Å². The fraction of sp³-hybridized carbons (Fsp3) is 0.667. The van der Waals surface area contributed by atoms with E-state index in [0.29, 0.717) is 24.6 Å². The van der Waals surface area contributed by atoms with Crippen molar-refractivity contribution < 1.29 is 9.47 Å². The highest BCUT2D eigenvalue weighted by molar-refractivity contribution is 7.09. The van der Waals surface area contributed by atoms with Gasteiger partial charge in [0.25, 0.3) is 0 Å². The minimum Gasteiger partial charge on any atom is -0.382 e. The molecule has 0 unspecified atom stereocenters. The molecule has 5 heteroatoms. The van der Waals surface area contributed by atoms with Gasteiger partial charge in [0.15, 0.2) is 4.80 Å². The van der Waals surface area contributed by atoms with Gasteiger partial charge in [0.05, 0.1) is 19.8 Å². The van der Waals surface area contributed by atoms with Crippen LogP contribution in [0.15, 0.2) is 6.20 Å². The van der Waals surface area contributed by atoms with Gasteiger partial charge in [-0.15, -0.1) is 11.3 Å². The van der Waals surface area contributed by atoms with Crippen LogP contribution in [0.5, 0.6) is 0 Å². The third-order valence-corrected chi connectivity index (χ3v) is 2.62. The molecule has 0 atom stereocenters. The first-order valence-electron chi connectivity index (χ1n) is 4.52. The summed E-state index contributed by atoms with van der Waals surface area (Å²) in [5.41, 5.74) is 0. The highest BCUT2D eigenvalue weighted by Gasteiger charge is 1.96. The van der Waals surface area contributed by atoms with Gasteiger partial charge >= 0.3 is 0 Å². The summed E-state index contributed by atoms with van der Waals surface area (Å²) >= 11 is 1.49. The van der Waals surface area contributed by atoms with E-state index in [4.69, 9.17) is 14.9 Å². The van der Waals surface area contributed by atoms with Crippen LogP contribution in [-0.4, -0.2) is 31.5 Å². The lowest BCUT2D eigenvalue weighted by Crippen LogP contribution is -2.16. The van der Waals surface area contributed by atoms with Crippen molar-refractivity contribution in [3.05, 3.63) is 15.9 Å². The van der Waals surface area contributed by atoms with Crippen LogP contribution in [0.25, 0.3) is 0 Å². The van der Waals surface area contributed by atoms with Gasteiger partial charge in [-0.2, -0.15) is 0 Å². The summed E-state index contributed by atoms with van der Waals surface area (Å²) in [5, 5.41) is 7.61. The van der Waals surface area contributed by atoms with Crippen molar-refractivity contribution in [3.63, 3.8) is 0 Å². The monoisotopic (exact) mass is 216 g/mol. The molecular formula is C9H16N2O2S. The number of hydrogen-bond acceptors (Lipinski definition) is 4. The summed E-state index contributed by atoms with van der Waals surface area (Å²) in [6.45, 7) is 4.63. The Kier molecular flexibility index (Phi) is 4.86. The number of methoxy groups -OCH3 is 1. The second-order valence-electron chi connectivity index (χ2n) is 2.95. The quantitative estimate of drug-likeness (QED) is 0.721. The van der Waals surface area contributed by atoms with E-state index in [9.17, 15) is 0 Å². The Balaban J connectivity index is 2.25. The molecule has 1 heterocycles. The van der Waals surface area contributed by atoms with Gasteiger partial charge in [-0.25, -0.2) is 0 Å². The van der Waals surface area contributed by atoms with Crippen LogP contribution in [0.1, 0.15) is 4.88 Å². The molecule has 0 aromatic carbocycles. The highest BCUT2D eigenvalue weighted by atomic mass is 32.1. The summed E-state index contributed by atoms with van der Waals surface area (Å²) in [5.74, 6) is 0. The average Bonchev–Trinajstić information content (AvgIpc) is 2.45. The maximum Gasteiger partial charge on any atom is 0.182 e. The number of nitrogens with zero attached hydrogens (tertiary/aromatic N) is 1. The Morgan fingerprint density at radius 2 is 2.21 bits per heavy atom. The Morgan fingerprint density at radius 3 is 2.79 bits per heavy atom. The number of rotatable bonds is 6. The van der Waals surface area contributed by atoms with E-state index in [2.05, 4.69) is 0 Å². The average molecular weight is 216 g/mol. The molecule has 1 N–H and O–H groups in total. The summed E-state index contributed by atoms with van der Waals surface area (Å²) in [6, 6.07) is 0. The minimum atomic E-state index is 0.581. The first-order chi connectivity index (χ1) is 6.74. The van der Waals surface area contributed by atoms with E-state index in [-0.39, 0.29) is 0 Å². The van der Waals surface area contributed by atoms with E-state index in [1.54, 1.807) is 7.11 Å². The van der Waals surface area contributed by atoms with Gasteiger partial charge in [0.1, 0.15) is 0 Å². The van der Waals surface area contributed by atoms with Crippen molar-refractivity contribution in [2.75, 3.05) is 26.9 Å². The maximum absolute atomic E-state index is 7.61. The molecule has 0 aliphatic heterocycles. The Bertz CT molecular complexity index is 319. The molecule has 0 bridgehead atoms.